The van der Waals surface area contributed by atoms with Crippen molar-refractivity contribution >= 4 is 24.8 Å². The van der Waals surface area contributed by atoms with E-state index in [2.05, 4.69) is 19.9 Å². The Kier molecular flexibility index (Phi) is 6.86. The number of aryl methyl sites for hydroxylation is 1. The fraction of sp³-hybridized carbons (Fsp3) is 0.556. The minimum absolute atomic E-state index is 0. The van der Waals surface area contributed by atoms with Crippen LogP contribution in [0.4, 0.5) is 0 Å². The van der Waals surface area contributed by atoms with Gasteiger partial charge in [0.25, 0.3) is 0 Å². The van der Waals surface area contributed by atoms with E-state index in [1.54, 1.807) is 0 Å². The van der Waals surface area contributed by atoms with E-state index in [4.69, 9.17) is 4.74 Å². The molecule has 2 aromatic heterocycles. The summed E-state index contributed by atoms with van der Waals surface area (Å²) in [6.45, 7) is 6.03. The first kappa shape index (κ1) is 20.2. The zero-order valence-electron chi connectivity index (χ0n) is 14.5. The zero-order chi connectivity index (χ0) is 15.7. The van der Waals surface area contributed by atoms with Crippen molar-refractivity contribution in [1.82, 2.24) is 19.9 Å². The highest BCUT2D eigenvalue weighted by Crippen LogP contribution is 2.40. The molecule has 25 heavy (non-hydrogen) atoms. The molecule has 7 heteroatoms. The quantitative estimate of drug-likeness (QED) is 0.881. The standard InChI is InChI=1S/C18H24N4O.2ClH/c1-14-3-2-4-16(21-14)17-20-9-10-22(17)12-15-11-18(13-23-15)5-7-19-8-6-18;;/h2-4,9-10,15,19H,5-8,11-13H2,1H3;2*1H. The van der Waals surface area contributed by atoms with Crippen LogP contribution in [0.25, 0.3) is 11.5 Å². The van der Waals surface area contributed by atoms with Gasteiger partial charge in [-0.2, -0.15) is 0 Å². The Bertz CT molecular complexity index is 685. The molecule has 4 rings (SSSR count). The topological polar surface area (TPSA) is 52.0 Å². The average molecular weight is 385 g/mol. The predicted molar refractivity (Wildman–Crippen MR) is 104 cm³/mol. The van der Waals surface area contributed by atoms with Crippen molar-refractivity contribution < 1.29 is 4.74 Å². The Hall–Kier alpha value is -1.14. The molecule has 2 saturated heterocycles. The van der Waals surface area contributed by atoms with Crippen molar-refractivity contribution in [3.05, 3.63) is 36.3 Å². The first-order chi connectivity index (χ1) is 11.2. The molecule has 1 spiro atoms. The summed E-state index contributed by atoms with van der Waals surface area (Å²) in [6.07, 6.45) is 7.81. The largest absolute Gasteiger partial charge is 0.376 e. The van der Waals surface area contributed by atoms with Crippen LogP contribution in [0, 0.1) is 12.3 Å². The monoisotopic (exact) mass is 384 g/mol. The number of aromatic nitrogens is 3. The van der Waals surface area contributed by atoms with E-state index < -0.39 is 0 Å². The Morgan fingerprint density at radius 1 is 1.28 bits per heavy atom. The highest BCUT2D eigenvalue weighted by molar-refractivity contribution is 5.85. The number of nitrogens with zero attached hydrogens (tertiary/aromatic N) is 3. The maximum atomic E-state index is 6.14. The molecule has 0 amide bonds. The molecule has 2 aliphatic rings. The summed E-state index contributed by atoms with van der Waals surface area (Å²) in [5.74, 6) is 0.934. The molecule has 4 heterocycles. The summed E-state index contributed by atoms with van der Waals surface area (Å²) in [4.78, 5) is 9.11. The average Bonchev–Trinajstić information content (AvgIpc) is 3.16. The van der Waals surface area contributed by atoms with Crippen molar-refractivity contribution in [2.75, 3.05) is 19.7 Å². The van der Waals surface area contributed by atoms with Gasteiger partial charge < -0.3 is 14.6 Å². The normalized spacial score (nSPS) is 21.6. The molecule has 1 unspecified atom stereocenters. The number of hydrogen-bond donors (Lipinski definition) is 1. The number of halogens is 2. The molecule has 1 N–H and O–H groups in total. The number of ether oxygens (including phenoxy) is 1. The van der Waals surface area contributed by atoms with Gasteiger partial charge in [0.2, 0.25) is 0 Å². The Balaban J connectivity index is 0.00000113. The van der Waals surface area contributed by atoms with Gasteiger partial charge in [-0.3, -0.25) is 0 Å². The van der Waals surface area contributed by atoms with Crippen LogP contribution < -0.4 is 5.32 Å². The van der Waals surface area contributed by atoms with Crippen LogP contribution in [0.5, 0.6) is 0 Å². The molecule has 5 nitrogen and oxygen atoms in total. The van der Waals surface area contributed by atoms with Crippen LogP contribution in [0.15, 0.2) is 30.6 Å². The minimum atomic E-state index is 0. The second-order valence-electron chi connectivity index (χ2n) is 6.95. The number of imidazole rings is 1. The van der Waals surface area contributed by atoms with Crippen LogP contribution in [-0.4, -0.2) is 40.3 Å². The number of piperidine rings is 1. The van der Waals surface area contributed by atoms with Crippen molar-refractivity contribution in [2.24, 2.45) is 5.41 Å². The zero-order valence-corrected chi connectivity index (χ0v) is 16.1. The van der Waals surface area contributed by atoms with Crippen molar-refractivity contribution in [3.63, 3.8) is 0 Å². The molecular formula is C18H26Cl2N4O. The Labute approximate surface area is 161 Å². The lowest BCUT2D eigenvalue weighted by molar-refractivity contribution is 0.0777. The summed E-state index contributed by atoms with van der Waals surface area (Å²) in [7, 11) is 0. The molecule has 0 aromatic carbocycles. The van der Waals surface area contributed by atoms with Crippen LogP contribution in [-0.2, 0) is 11.3 Å². The van der Waals surface area contributed by atoms with Gasteiger partial charge in [0.1, 0.15) is 5.69 Å². The summed E-state index contributed by atoms with van der Waals surface area (Å²) >= 11 is 0. The van der Waals surface area contributed by atoms with Crippen molar-refractivity contribution in [2.45, 2.75) is 38.8 Å². The summed E-state index contributed by atoms with van der Waals surface area (Å²) in [6, 6.07) is 6.07. The van der Waals surface area contributed by atoms with Crippen LogP contribution in [0.2, 0.25) is 0 Å². The molecule has 0 bridgehead atoms. The molecule has 2 aliphatic heterocycles. The fourth-order valence-electron chi connectivity index (χ4n) is 3.89. The van der Waals surface area contributed by atoms with Crippen LogP contribution >= 0.6 is 24.8 Å². The SMILES string of the molecule is Cc1cccc(-c2nccn2CC2CC3(CCNCC3)CO2)n1.Cl.Cl. The van der Waals surface area contributed by atoms with E-state index in [1.165, 1.54) is 12.8 Å². The highest BCUT2D eigenvalue weighted by atomic mass is 35.5. The van der Waals surface area contributed by atoms with E-state index in [1.807, 2.05) is 37.5 Å². The molecule has 138 valence electrons. The smallest absolute Gasteiger partial charge is 0.158 e. The summed E-state index contributed by atoms with van der Waals surface area (Å²) in [5.41, 5.74) is 2.35. The van der Waals surface area contributed by atoms with E-state index >= 15 is 0 Å². The third kappa shape index (κ3) is 4.34. The van der Waals surface area contributed by atoms with E-state index in [0.717, 1.165) is 49.9 Å². The van der Waals surface area contributed by atoms with Gasteiger partial charge in [-0.05, 0) is 56.8 Å². The highest BCUT2D eigenvalue weighted by Gasteiger charge is 2.40. The van der Waals surface area contributed by atoms with E-state index in [0.29, 0.717) is 5.41 Å². The van der Waals surface area contributed by atoms with Crippen molar-refractivity contribution in [1.29, 1.82) is 0 Å². The van der Waals surface area contributed by atoms with Gasteiger partial charge in [-0.15, -0.1) is 24.8 Å². The Morgan fingerprint density at radius 2 is 2.08 bits per heavy atom. The number of hydrogen-bond acceptors (Lipinski definition) is 4. The van der Waals surface area contributed by atoms with Crippen LogP contribution in [0.3, 0.4) is 0 Å². The van der Waals surface area contributed by atoms with E-state index in [-0.39, 0.29) is 30.9 Å². The molecule has 0 radical (unpaired) electrons. The molecule has 2 aromatic rings. The second kappa shape index (κ2) is 8.49. The lowest BCUT2D eigenvalue weighted by Crippen LogP contribution is -2.37. The lowest BCUT2D eigenvalue weighted by atomic mass is 9.77. The van der Waals surface area contributed by atoms with E-state index in [9.17, 15) is 0 Å². The maximum absolute atomic E-state index is 6.14. The molecular weight excluding hydrogens is 359 g/mol. The number of rotatable bonds is 3. The minimum Gasteiger partial charge on any atom is -0.376 e. The number of nitrogens with one attached hydrogen (secondary N) is 1. The first-order valence-electron chi connectivity index (χ1n) is 8.52. The molecule has 2 fully saturated rings. The van der Waals surface area contributed by atoms with Crippen LogP contribution in [0.1, 0.15) is 25.0 Å². The molecule has 1 atom stereocenters. The van der Waals surface area contributed by atoms with Gasteiger partial charge in [0, 0.05) is 18.1 Å². The maximum Gasteiger partial charge on any atom is 0.158 e. The predicted octanol–water partition coefficient (Wildman–Crippen LogP) is 3.26. The summed E-state index contributed by atoms with van der Waals surface area (Å²) < 4.78 is 8.32. The Morgan fingerprint density at radius 3 is 2.84 bits per heavy atom. The second-order valence-corrected chi connectivity index (χ2v) is 6.95. The third-order valence-electron chi connectivity index (χ3n) is 5.18. The first-order valence-corrected chi connectivity index (χ1v) is 8.52. The van der Waals surface area contributed by atoms with Gasteiger partial charge >= 0.3 is 0 Å². The van der Waals surface area contributed by atoms with Crippen molar-refractivity contribution in [3.8, 4) is 11.5 Å². The van der Waals surface area contributed by atoms with Gasteiger partial charge in [0.15, 0.2) is 5.82 Å². The molecule has 0 saturated carbocycles. The summed E-state index contributed by atoms with van der Waals surface area (Å²) in [5, 5.41) is 3.45. The fourth-order valence-corrected chi connectivity index (χ4v) is 3.89. The molecule has 0 aliphatic carbocycles. The third-order valence-corrected chi connectivity index (χ3v) is 5.18. The van der Waals surface area contributed by atoms with Gasteiger partial charge in [-0.1, -0.05) is 6.07 Å². The lowest BCUT2D eigenvalue weighted by Gasteiger charge is -2.32. The van der Waals surface area contributed by atoms with Gasteiger partial charge in [0.05, 0.1) is 19.3 Å². The number of pyridine rings is 1. The van der Waals surface area contributed by atoms with Gasteiger partial charge in [-0.25, -0.2) is 9.97 Å².